The Bertz CT molecular complexity index is 820. The fourth-order valence-corrected chi connectivity index (χ4v) is 3.18. The lowest BCUT2D eigenvalue weighted by atomic mass is 9.88. The van der Waals surface area contributed by atoms with Crippen LogP contribution in [0.4, 0.5) is 0 Å². The molecule has 0 heterocycles. The second kappa shape index (κ2) is 12.0. The molecule has 0 saturated heterocycles. The Morgan fingerprint density at radius 3 is 1.41 bits per heavy atom. The molecule has 0 unspecified atom stereocenters. The number of ether oxygens (including phenoxy) is 4. The molecule has 0 N–H and O–H groups in total. The summed E-state index contributed by atoms with van der Waals surface area (Å²) in [5.41, 5.74) is -1.05. The maximum atomic E-state index is 11.8. The third-order valence-electron chi connectivity index (χ3n) is 5.24. The molecule has 174 valence electrons. The van der Waals surface area contributed by atoms with E-state index in [-0.39, 0.29) is 36.3 Å². The Labute approximate surface area is 190 Å². The van der Waals surface area contributed by atoms with Crippen molar-refractivity contribution < 1.29 is 28.5 Å². The van der Waals surface area contributed by atoms with E-state index in [2.05, 4.69) is 0 Å². The highest BCUT2D eigenvalue weighted by atomic mass is 16.5. The van der Waals surface area contributed by atoms with Crippen LogP contribution in [0.3, 0.4) is 0 Å². The predicted molar refractivity (Wildman–Crippen MR) is 117 cm³/mol. The fourth-order valence-electron chi connectivity index (χ4n) is 3.18. The van der Waals surface area contributed by atoms with Crippen LogP contribution in [0, 0.1) is 33.5 Å². The quantitative estimate of drug-likeness (QED) is 0.348. The summed E-state index contributed by atoms with van der Waals surface area (Å²) in [6.45, 7) is 7.75. The summed E-state index contributed by atoms with van der Waals surface area (Å²) in [6, 6.07) is 7.22. The molecule has 0 atom stereocenters. The molecule has 0 aliphatic heterocycles. The van der Waals surface area contributed by atoms with Crippen molar-refractivity contribution in [2.24, 2.45) is 10.8 Å². The Morgan fingerprint density at radius 1 is 0.781 bits per heavy atom. The average molecular weight is 445 g/mol. The van der Waals surface area contributed by atoms with Crippen LogP contribution < -0.4 is 9.47 Å². The van der Waals surface area contributed by atoms with Crippen molar-refractivity contribution in [1.29, 1.82) is 10.5 Å². The molecule has 0 spiro atoms. The third-order valence-corrected chi connectivity index (χ3v) is 5.24. The van der Waals surface area contributed by atoms with Gasteiger partial charge in [-0.05, 0) is 65.5 Å². The Morgan fingerprint density at radius 2 is 1.12 bits per heavy atom. The monoisotopic (exact) mass is 444 g/mol. The van der Waals surface area contributed by atoms with E-state index >= 15 is 0 Å². The van der Waals surface area contributed by atoms with Crippen LogP contribution in [0.1, 0.15) is 64.5 Å². The van der Waals surface area contributed by atoms with Crippen LogP contribution in [0.25, 0.3) is 0 Å². The van der Waals surface area contributed by atoms with Gasteiger partial charge >= 0.3 is 11.9 Å². The number of methoxy groups -OCH3 is 2. The second-order valence-electron chi connectivity index (χ2n) is 8.69. The molecule has 0 saturated carbocycles. The first-order valence-corrected chi connectivity index (χ1v) is 10.4. The van der Waals surface area contributed by atoms with Gasteiger partial charge in [-0.1, -0.05) is 0 Å². The first-order valence-electron chi connectivity index (χ1n) is 10.4. The van der Waals surface area contributed by atoms with Gasteiger partial charge in [-0.15, -0.1) is 0 Å². The van der Waals surface area contributed by atoms with Crippen LogP contribution in [0.2, 0.25) is 0 Å². The first-order chi connectivity index (χ1) is 15.0. The lowest BCUT2D eigenvalue weighted by Crippen LogP contribution is -2.26. The number of carbonyl (C=O) groups is 2. The minimum atomic E-state index is -0.631. The summed E-state index contributed by atoms with van der Waals surface area (Å²) in [4.78, 5) is 23.5. The van der Waals surface area contributed by atoms with Gasteiger partial charge in [0.1, 0.15) is 34.8 Å². The van der Waals surface area contributed by atoms with Crippen molar-refractivity contribution in [3.63, 3.8) is 0 Å². The molecule has 1 rings (SSSR count). The van der Waals surface area contributed by atoms with E-state index in [0.717, 1.165) is 0 Å². The smallest absolute Gasteiger partial charge is 0.311 e. The van der Waals surface area contributed by atoms with Gasteiger partial charge in [0.25, 0.3) is 0 Å². The average Bonchev–Trinajstić information content (AvgIpc) is 2.77. The van der Waals surface area contributed by atoms with Gasteiger partial charge in [-0.2, -0.15) is 10.5 Å². The van der Waals surface area contributed by atoms with Crippen molar-refractivity contribution >= 4 is 11.9 Å². The molecule has 8 nitrogen and oxygen atoms in total. The van der Waals surface area contributed by atoms with Crippen molar-refractivity contribution in [3.05, 3.63) is 23.3 Å². The Hall–Kier alpha value is -3.26. The van der Waals surface area contributed by atoms with Gasteiger partial charge < -0.3 is 18.9 Å². The molecular weight excluding hydrogens is 412 g/mol. The zero-order chi connectivity index (χ0) is 24.4. The van der Waals surface area contributed by atoms with Crippen LogP contribution in [0.5, 0.6) is 11.5 Å². The molecule has 0 radical (unpaired) electrons. The number of nitriles is 2. The normalized spacial score (nSPS) is 11.1. The maximum absolute atomic E-state index is 11.8. The molecule has 1 aromatic carbocycles. The topological polar surface area (TPSA) is 119 Å². The number of esters is 2. The summed E-state index contributed by atoms with van der Waals surface area (Å²) >= 11 is 0. The van der Waals surface area contributed by atoms with Gasteiger partial charge in [0.05, 0.1) is 38.3 Å². The van der Waals surface area contributed by atoms with Gasteiger partial charge in [-0.25, -0.2) is 0 Å². The number of carbonyl (C=O) groups excluding carboxylic acids is 2. The predicted octanol–water partition coefficient (Wildman–Crippen LogP) is 4.15. The summed E-state index contributed by atoms with van der Waals surface area (Å²) in [6.07, 6.45) is 2.25. The number of benzene rings is 1. The third kappa shape index (κ3) is 7.16. The SMILES string of the molecule is COC(=O)C(C)(C)CCCOc1ccc(OCCCC(C)(C)C(=O)OC)c(C#N)c1C#N. The zero-order valence-electron chi connectivity index (χ0n) is 19.7. The van der Waals surface area contributed by atoms with E-state index in [4.69, 9.17) is 18.9 Å². The minimum absolute atomic E-state index is 0.104. The van der Waals surface area contributed by atoms with Crippen molar-refractivity contribution in [3.8, 4) is 23.6 Å². The van der Waals surface area contributed by atoms with Crippen LogP contribution >= 0.6 is 0 Å². The molecule has 0 aromatic heterocycles. The molecule has 8 heteroatoms. The van der Waals surface area contributed by atoms with E-state index in [1.54, 1.807) is 39.8 Å². The highest BCUT2D eigenvalue weighted by molar-refractivity contribution is 5.76. The van der Waals surface area contributed by atoms with E-state index in [0.29, 0.717) is 37.2 Å². The van der Waals surface area contributed by atoms with Crippen molar-refractivity contribution in [2.45, 2.75) is 53.4 Å². The molecular formula is C24H32N2O6. The van der Waals surface area contributed by atoms with Crippen LogP contribution in [0.15, 0.2) is 12.1 Å². The van der Waals surface area contributed by atoms with Crippen LogP contribution in [-0.4, -0.2) is 39.4 Å². The molecule has 0 aliphatic carbocycles. The molecule has 0 aliphatic rings. The molecule has 0 fully saturated rings. The van der Waals surface area contributed by atoms with Crippen LogP contribution in [-0.2, 0) is 19.1 Å². The highest BCUT2D eigenvalue weighted by Gasteiger charge is 2.29. The van der Waals surface area contributed by atoms with Gasteiger partial charge in [-0.3, -0.25) is 9.59 Å². The van der Waals surface area contributed by atoms with Gasteiger partial charge in [0.15, 0.2) is 0 Å². The number of hydrogen-bond acceptors (Lipinski definition) is 8. The number of rotatable bonds is 12. The van der Waals surface area contributed by atoms with E-state index < -0.39 is 10.8 Å². The van der Waals surface area contributed by atoms with E-state index in [9.17, 15) is 20.1 Å². The summed E-state index contributed by atoms with van der Waals surface area (Å²) in [7, 11) is 2.71. The molecule has 32 heavy (non-hydrogen) atoms. The summed E-state index contributed by atoms with van der Waals surface area (Å²) in [5, 5.41) is 19.1. The fraction of sp³-hybridized carbons (Fsp3) is 0.583. The molecule has 0 amide bonds. The number of nitrogens with zero attached hydrogens (tertiary/aromatic N) is 2. The largest absolute Gasteiger partial charge is 0.492 e. The van der Waals surface area contributed by atoms with Gasteiger partial charge in [0, 0.05) is 0 Å². The highest BCUT2D eigenvalue weighted by Crippen LogP contribution is 2.31. The molecule has 0 bridgehead atoms. The lowest BCUT2D eigenvalue weighted by molar-refractivity contribution is -0.152. The van der Waals surface area contributed by atoms with E-state index in [1.807, 2.05) is 12.1 Å². The molecule has 1 aromatic rings. The second-order valence-corrected chi connectivity index (χ2v) is 8.69. The van der Waals surface area contributed by atoms with Gasteiger partial charge in [0.2, 0.25) is 0 Å². The number of hydrogen-bond donors (Lipinski definition) is 0. The summed E-state index contributed by atoms with van der Waals surface area (Å²) in [5.74, 6) is -0.00453. The first kappa shape index (κ1) is 26.8. The minimum Gasteiger partial charge on any atom is -0.492 e. The van der Waals surface area contributed by atoms with Crippen molar-refractivity contribution in [1.82, 2.24) is 0 Å². The summed E-state index contributed by atoms with van der Waals surface area (Å²) < 4.78 is 21.0. The Kier molecular flexibility index (Phi) is 10.00. The lowest BCUT2D eigenvalue weighted by Gasteiger charge is -2.21. The zero-order valence-corrected chi connectivity index (χ0v) is 19.7. The van der Waals surface area contributed by atoms with Crippen molar-refractivity contribution in [2.75, 3.05) is 27.4 Å². The van der Waals surface area contributed by atoms with E-state index in [1.165, 1.54) is 14.2 Å². The Balaban J connectivity index is 2.75. The standard InChI is InChI=1S/C24H32N2O6/c1-23(2,21(27)29-5)11-7-13-31-19-9-10-20(18(16-26)17(19)15-25)32-14-8-12-24(3,4)22(28)30-6/h9-10H,7-8,11-14H2,1-6H3. The maximum Gasteiger partial charge on any atom is 0.311 e.